The fourth-order valence-electron chi connectivity index (χ4n) is 6.30. The van der Waals surface area contributed by atoms with Crippen molar-refractivity contribution in [3.63, 3.8) is 0 Å². The Morgan fingerprint density at radius 2 is 1.42 bits per heavy atom. The van der Waals surface area contributed by atoms with Gasteiger partial charge in [0.25, 0.3) is 0 Å². The molecule has 0 spiro atoms. The van der Waals surface area contributed by atoms with Crippen molar-refractivity contribution in [1.82, 2.24) is 0 Å². The molecule has 0 unspecified atom stereocenters. The highest BCUT2D eigenvalue weighted by molar-refractivity contribution is 5.72. The van der Waals surface area contributed by atoms with E-state index in [0.29, 0.717) is 0 Å². The van der Waals surface area contributed by atoms with Crippen LogP contribution in [-0.2, 0) is 9.53 Å². The Labute approximate surface area is 161 Å². The Balaban J connectivity index is 1.40. The number of carbonyl (C=O) groups excluding carboxylic acids is 1. The lowest BCUT2D eigenvalue weighted by atomic mass is 9.64. The van der Waals surface area contributed by atoms with E-state index in [2.05, 4.69) is 20.8 Å². The van der Waals surface area contributed by atoms with E-state index in [4.69, 9.17) is 4.74 Å². The van der Waals surface area contributed by atoms with Crippen LogP contribution < -0.4 is 0 Å². The van der Waals surface area contributed by atoms with Crippen molar-refractivity contribution < 1.29 is 9.53 Å². The smallest absolute Gasteiger partial charge is 0.309 e. The molecule has 0 heterocycles. The lowest BCUT2D eigenvalue weighted by Crippen LogP contribution is -2.34. The molecule has 0 aromatic heterocycles. The standard InChI is InChI=1S/C24H42O2/c1-4-18-6-13-22(14-7-18)26-24(25)21-11-9-20(10-12-21)23-15-8-19(5-2)16-17(23)3/h17-23H,4-16H2,1-3H3/t17-,18?,19+,20-,21-,22?,23-/m1/s1. The number of rotatable bonds is 5. The van der Waals surface area contributed by atoms with Crippen LogP contribution in [0.4, 0.5) is 0 Å². The fraction of sp³-hybridized carbons (Fsp3) is 0.958. The van der Waals surface area contributed by atoms with Gasteiger partial charge in [0.15, 0.2) is 0 Å². The highest BCUT2D eigenvalue weighted by Gasteiger charge is 2.37. The van der Waals surface area contributed by atoms with Gasteiger partial charge < -0.3 is 4.74 Å². The molecule has 0 N–H and O–H groups in total. The highest BCUT2D eigenvalue weighted by Crippen LogP contribution is 2.45. The SMILES string of the molecule is CCC1CCC(OC(=O)[C@H]2CC[C@H]([C@@H]3CC[C@H](CC)C[C@H]3C)CC2)CC1. The third-order valence-electron chi connectivity index (χ3n) is 8.29. The predicted octanol–water partition coefficient (Wildman–Crippen LogP) is 6.77. The van der Waals surface area contributed by atoms with Gasteiger partial charge in [0.05, 0.1) is 5.92 Å². The van der Waals surface area contributed by atoms with Gasteiger partial charge in [-0.1, -0.05) is 40.0 Å². The summed E-state index contributed by atoms with van der Waals surface area (Å²) in [6.07, 6.45) is 16.5. The van der Waals surface area contributed by atoms with E-state index >= 15 is 0 Å². The van der Waals surface area contributed by atoms with E-state index in [1.54, 1.807) is 0 Å². The van der Waals surface area contributed by atoms with Crippen LogP contribution in [0.25, 0.3) is 0 Å². The average Bonchev–Trinajstić information content (AvgIpc) is 2.68. The maximum atomic E-state index is 12.6. The van der Waals surface area contributed by atoms with Crippen LogP contribution >= 0.6 is 0 Å². The average molecular weight is 363 g/mol. The lowest BCUT2D eigenvalue weighted by Gasteiger charge is -2.41. The summed E-state index contributed by atoms with van der Waals surface area (Å²) in [4.78, 5) is 12.6. The lowest BCUT2D eigenvalue weighted by molar-refractivity contribution is -0.157. The molecule has 26 heavy (non-hydrogen) atoms. The molecule has 3 rings (SSSR count). The highest BCUT2D eigenvalue weighted by atomic mass is 16.5. The molecule has 0 aromatic rings. The van der Waals surface area contributed by atoms with E-state index in [1.807, 2.05) is 0 Å². The zero-order valence-electron chi connectivity index (χ0n) is 17.6. The molecule has 0 bridgehead atoms. The van der Waals surface area contributed by atoms with Crippen molar-refractivity contribution in [1.29, 1.82) is 0 Å². The first-order chi connectivity index (χ1) is 12.6. The molecule has 3 aliphatic rings. The molecule has 2 heteroatoms. The summed E-state index contributed by atoms with van der Waals surface area (Å²) in [7, 11) is 0. The molecule has 0 amide bonds. The Morgan fingerprint density at radius 1 is 0.808 bits per heavy atom. The Morgan fingerprint density at radius 3 is 2.00 bits per heavy atom. The monoisotopic (exact) mass is 362 g/mol. The van der Waals surface area contributed by atoms with Gasteiger partial charge in [-0.25, -0.2) is 0 Å². The van der Waals surface area contributed by atoms with E-state index in [9.17, 15) is 4.79 Å². The van der Waals surface area contributed by atoms with Crippen LogP contribution in [0.5, 0.6) is 0 Å². The normalized spacial score (nSPS) is 41.6. The molecule has 0 aliphatic heterocycles. The summed E-state index contributed by atoms with van der Waals surface area (Å²) < 4.78 is 5.92. The summed E-state index contributed by atoms with van der Waals surface area (Å²) in [6.45, 7) is 7.12. The van der Waals surface area contributed by atoms with E-state index in [1.165, 1.54) is 57.8 Å². The van der Waals surface area contributed by atoms with Crippen LogP contribution in [0.3, 0.4) is 0 Å². The van der Waals surface area contributed by atoms with Crippen LogP contribution in [0, 0.1) is 35.5 Å². The molecule has 0 saturated heterocycles. The van der Waals surface area contributed by atoms with Crippen molar-refractivity contribution in [3.05, 3.63) is 0 Å². The maximum Gasteiger partial charge on any atom is 0.309 e. The van der Waals surface area contributed by atoms with Gasteiger partial charge in [0.2, 0.25) is 0 Å². The molecule has 3 fully saturated rings. The largest absolute Gasteiger partial charge is 0.462 e. The summed E-state index contributed by atoms with van der Waals surface area (Å²) in [5.74, 6) is 4.83. The molecule has 2 nitrogen and oxygen atoms in total. The van der Waals surface area contributed by atoms with E-state index in [0.717, 1.165) is 55.3 Å². The van der Waals surface area contributed by atoms with Gasteiger partial charge in [-0.2, -0.15) is 0 Å². The van der Waals surface area contributed by atoms with Crippen molar-refractivity contribution in [3.8, 4) is 0 Å². The second kappa shape index (κ2) is 9.60. The number of hydrogen-bond donors (Lipinski definition) is 0. The van der Waals surface area contributed by atoms with Gasteiger partial charge >= 0.3 is 5.97 Å². The molecular weight excluding hydrogens is 320 g/mol. The Bertz CT molecular complexity index is 429. The van der Waals surface area contributed by atoms with Crippen molar-refractivity contribution in [2.24, 2.45) is 35.5 Å². The Kier molecular flexibility index (Phi) is 7.46. The number of ether oxygens (including phenoxy) is 1. The number of esters is 1. The third-order valence-corrected chi connectivity index (χ3v) is 8.29. The number of hydrogen-bond acceptors (Lipinski definition) is 2. The van der Waals surface area contributed by atoms with Gasteiger partial charge in [0.1, 0.15) is 6.10 Å². The minimum atomic E-state index is 0.131. The van der Waals surface area contributed by atoms with Crippen molar-refractivity contribution >= 4 is 5.97 Å². The molecule has 3 saturated carbocycles. The summed E-state index contributed by atoms with van der Waals surface area (Å²) in [5.41, 5.74) is 0. The number of carbonyl (C=O) groups is 1. The van der Waals surface area contributed by atoms with Gasteiger partial charge in [-0.3, -0.25) is 4.79 Å². The second-order valence-electron chi connectivity index (χ2n) is 9.83. The van der Waals surface area contributed by atoms with Crippen LogP contribution in [0.1, 0.15) is 104 Å². The quantitative estimate of drug-likeness (QED) is 0.505. The minimum Gasteiger partial charge on any atom is -0.462 e. The van der Waals surface area contributed by atoms with Crippen molar-refractivity contribution in [2.75, 3.05) is 0 Å². The molecule has 0 radical (unpaired) electrons. The van der Waals surface area contributed by atoms with Crippen LogP contribution in [-0.4, -0.2) is 12.1 Å². The van der Waals surface area contributed by atoms with Gasteiger partial charge in [-0.05, 0) is 93.8 Å². The summed E-state index contributed by atoms with van der Waals surface area (Å²) >= 11 is 0. The first kappa shape index (κ1) is 20.2. The first-order valence-corrected chi connectivity index (χ1v) is 11.8. The van der Waals surface area contributed by atoms with Gasteiger partial charge in [-0.15, -0.1) is 0 Å². The third kappa shape index (κ3) is 5.04. The Hall–Kier alpha value is -0.530. The molecule has 3 aliphatic carbocycles. The molecule has 3 atom stereocenters. The first-order valence-electron chi connectivity index (χ1n) is 11.8. The fourth-order valence-corrected chi connectivity index (χ4v) is 6.30. The van der Waals surface area contributed by atoms with Gasteiger partial charge in [0, 0.05) is 0 Å². The topological polar surface area (TPSA) is 26.3 Å². The molecule has 150 valence electrons. The van der Waals surface area contributed by atoms with E-state index in [-0.39, 0.29) is 18.0 Å². The molecular formula is C24H42O2. The van der Waals surface area contributed by atoms with Crippen LogP contribution in [0.15, 0.2) is 0 Å². The maximum absolute atomic E-state index is 12.6. The second-order valence-corrected chi connectivity index (χ2v) is 9.83. The van der Waals surface area contributed by atoms with E-state index < -0.39 is 0 Å². The summed E-state index contributed by atoms with van der Waals surface area (Å²) in [6, 6.07) is 0. The van der Waals surface area contributed by atoms with Crippen LogP contribution in [0.2, 0.25) is 0 Å². The van der Waals surface area contributed by atoms with Crippen molar-refractivity contribution in [2.45, 2.75) is 110 Å². The molecule has 0 aromatic carbocycles. The predicted molar refractivity (Wildman–Crippen MR) is 108 cm³/mol. The minimum absolute atomic E-state index is 0.131. The zero-order valence-corrected chi connectivity index (χ0v) is 17.6. The summed E-state index contributed by atoms with van der Waals surface area (Å²) in [5, 5.41) is 0. The zero-order chi connectivity index (χ0) is 18.5.